The Morgan fingerprint density at radius 1 is 1.12 bits per heavy atom. The lowest BCUT2D eigenvalue weighted by atomic mass is 10.2. The summed E-state index contributed by atoms with van der Waals surface area (Å²) in [7, 11) is 0. The van der Waals surface area contributed by atoms with Crippen molar-refractivity contribution in [2.45, 2.75) is 23.1 Å². The van der Waals surface area contributed by atoms with Gasteiger partial charge in [-0.15, -0.1) is 0 Å². The Labute approximate surface area is 114 Å². The molecular weight excluding hydrogens is 296 g/mol. The number of aromatic hydroxyl groups is 1. The summed E-state index contributed by atoms with van der Waals surface area (Å²) >= 11 is 5.15. The van der Waals surface area contributed by atoms with E-state index in [1.807, 2.05) is 24.3 Å². The number of phenolic OH excluding ortho intramolecular Hbond substituents is 1. The van der Waals surface area contributed by atoms with Crippen molar-refractivity contribution in [2.24, 2.45) is 0 Å². The van der Waals surface area contributed by atoms with E-state index < -0.39 is 0 Å². The summed E-state index contributed by atoms with van der Waals surface area (Å²) in [5.41, 5.74) is 1.18. The van der Waals surface area contributed by atoms with Gasteiger partial charge in [0, 0.05) is 14.3 Å². The fraction of sp³-hybridized carbons (Fsp3) is 0.143. The van der Waals surface area contributed by atoms with E-state index in [1.165, 1.54) is 15.4 Å². The van der Waals surface area contributed by atoms with Crippen LogP contribution in [0.4, 0.5) is 0 Å². The Hall–Kier alpha value is -0.930. The first-order chi connectivity index (χ1) is 8.19. The van der Waals surface area contributed by atoms with Gasteiger partial charge in [-0.2, -0.15) is 0 Å². The number of halogens is 1. The van der Waals surface area contributed by atoms with Crippen LogP contribution in [0.25, 0.3) is 0 Å². The normalized spacial score (nSPS) is 10.5. The van der Waals surface area contributed by atoms with E-state index in [1.54, 1.807) is 17.8 Å². The molecule has 0 aliphatic rings. The highest BCUT2D eigenvalue weighted by Crippen LogP contribution is 2.33. The minimum Gasteiger partial charge on any atom is -0.508 e. The number of hydrogen-bond donors (Lipinski definition) is 1. The molecule has 2 aromatic carbocycles. The maximum atomic E-state index is 9.46. The second kappa shape index (κ2) is 5.61. The maximum absolute atomic E-state index is 9.46. The molecule has 88 valence electrons. The zero-order valence-electron chi connectivity index (χ0n) is 9.48. The van der Waals surface area contributed by atoms with E-state index in [0.29, 0.717) is 5.75 Å². The average molecular weight is 309 g/mol. The van der Waals surface area contributed by atoms with Crippen molar-refractivity contribution in [3.63, 3.8) is 0 Å². The summed E-state index contributed by atoms with van der Waals surface area (Å²) in [5.74, 6) is 0.335. The van der Waals surface area contributed by atoms with Crippen LogP contribution >= 0.6 is 27.7 Å². The number of hydrogen-bond acceptors (Lipinski definition) is 2. The smallest absolute Gasteiger partial charge is 0.115 e. The van der Waals surface area contributed by atoms with E-state index in [9.17, 15) is 5.11 Å². The van der Waals surface area contributed by atoms with E-state index in [0.717, 1.165) is 10.9 Å². The van der Waals surface area contributed by atoms with Gasteiger partial charge in [-0.3, -0.25) is 0 Å². The van der Waals surface area contributed by atoms with Gasteiger partial charge in [0.2, 0.25) is 0 Å². The van der Waals surface area contributed by atoms with Gasteiger partial charge in [0.15, 0.2) is 0 Å². The lowest BCUT2D eigenvalue weighted by molar-refractivity contribution is 0.474. The van der Waals surface area contributed by atoms with Gasteiger partial charge in [0.1, 0.15) is 5.75 Å². The van der Waals surface area contributed by atoms with Crippen LogP contribution < -0.4 is 0 Å². The van der Waals surface area contributed by atoms with Gasteiger partial charge in [0.25, 0.3) is 0 Å². The van der Waals surface area contributed by atoms with Crippen molar-refractivity contribution in [1.29, 1.82) is 0 Å². The molecule has 0 saturated carbocycles. The van der Waals surface area contributed by atoms with Gasteiger partial charge < -0.3 is 5.11 Å². The first kappa shape index (κ1) is 12.5. The summed E-state index contributed by atoms with van der Waals surface area (Å²) < 4.78 is 1.09. The average Bonchev–Trinajstić information content (AvgIpc) is 2.34. The summed E-state index contributed by atoms with van der Waals surface area (Å²) in [4.78, 5) is 2.40. The second-order valence-corrected chi connectivity index (χ2v) is 5.73. The molecule has 0 radical (unpaired) electrons. The van der Waals surface area contributed by atoms with E-state index in [2.05, 4.69) is 35.0 Å². The minimum absolute atomic E-state index is 0.335. The van der Waals surface area contributed by atoms with Crippen LogP contribution in [0.15, 0.2) is 56.7 Å². The molecule has 0 aliphatic heterocycles. The number of rotatable bonds is 3. The molecule has 0 aliphatic carbocycles. The number of benzene rings is 2. The van der Waals surface area contributed by atoms with Crippen LogP contribution in [-0.4, -0.2) is 5.11 Å². The molecule has 1 N–H and O–H groups in total. The lowest BCUT2D eigenvalue weighted by Gasteiger charge is -2.08. The Morgan fingerprint density at radius 2 is 1.82 bits per heavy atom. The summed E-state index contributed by atoms with van der Waals surface area (Å²) in [6.07, 6.45) is 0.924. The molecule has 0 atom stereocenters. The minimum atomic E-state index is 0.335. The molecule has 0 heterocycles. The number of phenols is 1. The highest BCUT2D eigenvalue weighted by Gasteiger charge is 2.04. The third-order valence-electron chi connectivity index (χ3n) is 2.47. The van der Waals surface area contributed by atoms with Crippen LogP contribution in [0.3, 0.4) is 0 Å². The lowest BCUT2D eigenvalue weighted by Crippen LogP contribution is -1.85. The topological polar surface area (TPSA) is 20.2 Å². The third kappa shape index (κ3) is 3.27. The second-order valence-electron chi connectivity index (χ2n) is 3.70. The Morgan fingerprint density at radius 3 is 2.47 bits per heavy atom. The van der Waals surface area contributed by atoms with Gasteiger partial charge in [0.05, 0.1) is 0 Å². The molecule has 3 heteroatoms. The molecule has 2 rings (SSSR count). The molecule has 1 nitrogen and oxygen atoms in total. The van der Waals surface area contributed by atoms with E-state index in [4.69, 9.17) is 0 Å². The molecule has 0 fully saturated rings. The zero-order chi connectivity index (χ0) is 12.3. The van der Waals surface area contributed by atoms with Crippen molar-refractivity contribution in [3.8, 4) is 5.75 Å². The highest BCUT2D eigenvalue weighted by molar-refractivity contribution is 9.10. The van der Waals surface area contributed by atoms with Gasteiger partial charge in [-0.1, -0.05) is 34.6 Å². The van der Waals surface area contributed by atoms with Crippen molar-refractivity contribution < 1.29 is 5.11 Å². The molecule has 0 saturated heterocycles. The third-order valence-corrected chi connectivity index (χ3v) is 4.12. The van der Waals surface area contributed by atoms with Crippen LogP contribution in [0.2, 0.25) is 0 Å². The first-order valence-electron chi connectivity index (χ1n) is 5.44. The van der Waals surface area contributed by atoms with Crippen molar-refractivity contribution in [2.75, 3.05) is 0 Å². The molecule has 17 heavy (non-hydrogen) atoms. The summed E-state index contributed by atoms with van der Waals surface area (Å²) in [6.45, 7) is 2.10. The molecule has 0 amide bonds. The molecule has 2 aromatic rings. The van der Waals surface area contributed by atoms with Gasteiger partial charge >= 0.3 is 0 Å². The SMILES string of the molecule is CCc1cc(O)ccc1Sc1ccc(Br)cc1. The quantitative estimate of drug-likeness (QED) is 0.873. The van der Waals surface area contributed by atoms with Gasteiger partial charge in [-0.25, -0.2) is 0 Å². The van der Waals surface area contributed by atoms with Crippen LogP contribution in [-0.2, 0) is 6.42 Å². The standard InChI is InChI=1S/C14H13BrOS/c1-2-10-9-12(16)5-8-14(10)17-13-6-3-11(15)4-7-13/h3-9,16H,2H2,1H3. The fourth-order valence-corrected chi connectivity index (χ4v) is 2.83. The Balaban J connectivity index is 2.26. The summed E-state index contributed by atoms with van der Waals surface area (Å²) in [5, 5.41) is 9.46. The van der Waals surface area contributed by atoms with Crippen molar-refractivity contribution in [3.05, 3.63) is 52.5 Å². The molecule has 0 bridgehead atoms. The van der Waals surface area contributed by atoms with Crippen molar-refractivity contribution in [1.82, 2.24) is 0 Å². The first-order valence-corrected chi connectivity index (χ1v) is 7.05. The Bertz CT molecular complexity index is 508. The zero-order valence-corrected chi connectivity index (χ0v) is 11.9. The molecule has 0 unspecified atom stereocenters. The van der Waals surface area contributed by atoms with Crippen LogP contribution in [0, 0.1) is 0 Å². The summed E-state index contributed by atoms with van der Waals surface area (Å²) in [6, 6.07) is 13.8. The molecule has 0 spiro atoms. The largest absolute Gasteiger partial charge is 0.508 e. The predicted octanol–water partition coefficient (Wildman–Crippen LogP) is 4.87. The number of aryl methyl sites for hydroxylation is 1. The van der Waals surface area contributed by atoms with Crippen LogP contribution in [0.5, 0.6) is 5.75 Å². The predicted molar refractivity (Wildman–Crippen MR) is 75.7 cm³/mol. The fourth-order valence-electron chi connectivity index (χ4n) is 1.57. The van der Waals surface area contributed by atoms with Crippen molar-refractivity contribution >= 4 is 27.7 Å². The van der Waals surface area contributed by atoms with E-state index in [-0.39, 0.29) is 0 Å². The monoisotopic (exact) mass is 308 g/mol. The maximum Gasteiger partial charge on any atom is 0.115 e. The van der Waals surface area contributed by atoms with E-state index >= 15 is 0 Å². The molecule has 0 aromatic heterocycles. The Kier molecular flexibility index (Phi) is 4.13. The van der Waals surface area contributed by atoms with Gasteiger partial charge in [-0.05, 0) is 54.4 Å². The molecular formula is C14H13BrOS. The highest BCUT2D eigenvalue weighted by atomic mass is 79.9. The van der Waals surface area contributed by atoms with Crippen LogP contribution in [0.1, 0.15) is 12.5 Å².